The van der Waals surface area contributed by atoms with Gasteiger partial charge in [0.2, 0.25) is 0 Å². The normalized spacial score (nSPS) is 10.8. The molecule has 2 nitrogen and oxygen atoms in total. The van der Waals surface area contributed by atoms with Crippen LogP contribution in [0.3, 0.4) is 0 Å². The Morgan fingerprint density at radius 2 is 1.81 bits per heavy atom. The molecular formula is C14H14N2. The van der Waals surface area contributed by atoms with Crippen molar-refractivity contribution in [3.8, 4) is 0 Å². The average molecular weight is 210 g/mol. The minimum atomic E-state index is 0.764. The fraction of sp³-hybridized carbons (Fsp3) is 0.0714. The van der Waals surface area contributed by atoms with Crippen LogP contribution in [0, 0.1) is 6.92 Å². The van der Waals surface area contributed by atoms with Gasteiger partial charge in [-0.2, -0.15) is 0 Å². The third-order valence-electron chi connectivity index (χ3n) is 2.35. The topological polar surface area (TPSA) is 38.4 Å². The van der Waals surface area contributed by atoms with Crippen molar-refractivity contribution < 1.29 is 0 Å². The van der Waals surface area contributed by atoms with Crippen molar-refractivity contribution in [3.63, 3.8) is 0 Å². The quantitative estimate of drug-likeness (QED) is 0.599. The summed E-state index contributed by atoms with van der Waals surface area (Å²) in [6, 6.07) is 15.8. The number of hydrogen-bond acceptors (Lipinski definition) is 2. The summed E-state index contributed by atoms with van der Waals surface area (Å²) in [6.07, 6.45) is 1.80. The van der Waals surface area contributed by atoms with Crippen LogP contribution >= 0.6 is 0 Å². The molecular weight excluding hydrogens is 196 g/mol. The Morgan fingerprint density at radius 1 is 1.06 bits per heavy atom. The smallest absolute Gasteiger partial charge is 0.0629 e. The second-order valence-electron chi connectivity index (χ2n) is 3.73. The zero-order valence-electron chi connectivity index (χ0n) is 9.22. The standard InChI is InChI=1S/C14H14N2/c1-11-7-8-12(14(15)9-11)10-16-13-5-3-2-4-6-13/h2-10H,15H2,1H3. The predicted octanol–water partition coefficient (Wildman–Crippen LogP) is 3.33. The van der Waals surface area contributed by atoms with Crippen LogP contribution < -0.4 is 5.73 Å². The molecule has 0 aliphatic carbocycles. The second-order valence-corrected chi connectivity index (χ2v) is 3.73. The van der Waals surface area contributed by atoms with Crippen molar-refractivity contribution in [1.29, 1.82) is 0 Å². The number of nitrogen functional groups attached to an aromatic ring is 1. The molecule has 0 aliphatic rings. The van der Waals surface area contributed by atoms with Crippen molar-refractivity contribution in [3.05, 3.63) is 59.7 Å². The average Bonchev–Trinajstić information content (AvgIpc) is 2.29. The number of para-hydroxylation sites is 1. The lowest BCUT2D eigenvalue weighted by molar-refractivity contribution is 1.46. The van der Waals surface area contributed by atoms with Crippen LogP contribution in [0.15, 0.2) is 53.5 Å². The van der Waals surface area contributed by atoms with Crippen molar-refractivity contribution in [2.45, 2.75) is 6.92 Å². The first-order chi connectivity index (χ1) is 7.75. The van der Waals surface area contributed by atoms with Crippen LogP contribution in [0.5, 0.6) is 0 Å². The Hall–Kier alpha value is -2.09. The van der Waals surface area contributed by atoms with Crippen LogP contribution in [-0.4, -0.2) is 6.21 Å². The Kier molecular flexibility index (Phi) is 3.01. The minimum absolute atomic E-state index is 0.764. The molecule has 0 radical (unpaired) electrons. The van der Waals surface area contributed by atoms with E-state index in [2.05, 4.69) is 4.99 Å². The molecule has 0 bridgehead atoms. The lowest BCUT2D eigenvalue weighted by Crippen LogP contribution is -1.93. The first kappa shape index (κ1) is 10.4. The van der Waals surface area contributed by atoms with E-state index >= 15 is 0 Å². The van der Waals surface area contributed by atoms with Gasteiger partial charge in [-0.1, -0.05) is 30.3 Å². The van der Waals surface area contributed by atoms with Crippen molar-refractivity contribution >= 4 is 17.6 Å². The van der Waals surface area contributed by atoms with E-state index in [0.29, 0.717) is 0 Å². The highest BCUT2D eigenvalue weighted by molar-refractivity contribution is 5.88. The molecule has 0 fully saturated rings. The lowest BCUT2D eigenvalue weighted by Gasteiger charge is -2.00. The molecule has 2 N–H and O–H groups in total. The highest BCUT2D eigenvalue weighted by Crippen LogP contribution is 2.14. The molecule has 2 aromatic carbocycles. The number of nitrogens with zero attached hydrogens (tertiary/aromatic N) is 1. The molecule has 0 atom stereocenters. The summed E-state index contributed by atoms with van der Waals surface area (Å²) < 4.78 is 0. The van der Waals surface area contributed by atoms with Crippen molar-refractivity contribution in [1.82, 2.24) is 0 Å². The Labute approximate surface area is 95.5 Å². The third kappa shape index (κ3) is 2.48. The van der Waals surface area contributed by atoms with Gasteiger partial charge in [-0.15, -0.1) is 0 Å². The maximum Gasteiger partial charge on any atom is 0.0629 e. The molecule has 0 aromatic heterocycles. The van der Waals surface area contributed by atoms with Crippen LogP contribution in [0.1, 0.15) is 11.1 Å². The number of benzene rings is 2. The van der Waals surface area contributed by atoms with Gasteiger partial charge in [0.25, 0.3) is 0 Å². The van der Waals surface area contributed by atoms with Crippen molar-refractivity contribution in [2.75, 3.05) is 5.73 Å². The number of rotatable bonds is 2. The summed E-state index contributed by atoms with van der Waals surface area (Å²) in [6.45, 7) is 2.02. The van der Waals surface area contributed by atoms with Crippen LogP contribution in [0.4, 0.5) is 11.4 Å². The van der Waals surface area contributed by atoms with E-state index in [1.54, 1.807) is 6.21 Å². The van der Waals surface area contributed by atoms with Gasteiger partial charge in [0.1, 0.15) is 0 Å². The van der Waals surface area contributed by atoms with E-state index < -0.39 is 0 Å². The Balaban J connectivity index is 2.24. The monoisotopic (exact) mass is 210 g/mol. The van der Waals surface area contributed by atoms with E-state index in [0.717, 1.165) is 22.5 Å². The maximum absolute atomic E-state index is 5.89. The van der Waals surface area contributed by atoms with Gasteiger partial charge in [-0.3, -0.25) is 4.99 Å². The second kappa shape index (κ2) is 4.62. The lowest BCUT2D eigenvalue weighted by atomic mass is 10.1. The van der Waals surface area contributed by atoms with Crippen LogP contribution in [0.2, 0.25) is 0 Å². The van der Waals surface area contributed by atoms with Crippen molar-refractivity contribution in [2.24, 2.45) is 4.99 Å². The van der Waals surface area contributed by atoms with Gasteiger partial charge in [-0.05, 0) is 30.7 Å². The van der Waals surface area contributed by atoms with E-state index in [1.165, 1.54) is 0 Å². The van der Waals surface area contributed by atoms with E-state index in [1.807, 2.05) is 55.5 Å². The van der Waals surface area contributed by atoms with Crippen LogP contribution in [0.25, 0.3) is 0 Å². The largest absolute Gasteiger partial charge is 0.398 e. The molecule has 16 heavy (non-hydrogen) atoms. The van der Waals surface area contributed by atoms with Gasteiger partial charge >= 0.3 is 0 Å². The number of nitrogens with two attached hydrogens (primary N) is 1. The molecule has 0 aliphatic heterocycles. The first-order valence-corrected chi connectivity index (χ1v) is 5.21. The Bertz CT molecular complexity index is 501. The van der Waals surface area contributed by atoms with Gasteiger partial charge < -0.3 is 5.73 Å². The molecule has 80 valence electrons. The zero-order valence-corrected chi connectivity index (χ0v) is 9.22. The fourth-order valence-corrected chi connectivity index (χ4v) is 1.47. The summed E-state index contributed by atoms with van der Waals surface area (Å²) >= 11 is 0. The molecule has 0 heterocycles. The van der Waals surface area contributed by atoms with E-state index in [9.17, 15) is 0 Å². The molecule has 2 heteroatoms. The first-order valence-electron chi connectivity index (χ1n) is 5.21. The summed E-state index contributed by atoms with van der Waals surface area (Å²) in [7, 11) is 0. The number of aliphatic imine (C=N–C) groups is 1. The summed E-state index contributed by atoms with van der Waals surface area (Å²) in [5.74, 6) is 0. The number of hydrogen-bond donors (Lipinski definition) is 1. The van der Waals surface area contributed by atoms with Gasteiger partial charge in [0.15, 0.2) is 0 Å². The predicted molar refractivity (Wildman–Crippen MR) is 69.3 cm³/mol. The number of anilines is 1. The molecule has 0 amide bonds. The van der Waals surface area contributed by atoms with Gasteiger partial charge in [-0.25, -0.2) is 0 Å². The summed E-state index contributed by atoms with van der Waals surface area (Å²) in [4.78, 5) is 4.36. The highest BCUT2D eigenvalue weighted by atomic mass is 14.7. The molecule has 0 spiro atoms. The van der Waals surface area contributed by atoms with E-state index in [4.69, 9.17) is 5.73 Å². The summed E-state index contributed by atoms with van der Waals surface area (Å²) in [5, 5.41) is 0. The third-order valence-corrected chi connectivity index (χ3v) is 2.35. The van der Waals surface area contributed by atoms with E-state index in [-0.39, 0.29) is 0 Å². The molecule has 0 saturated heterocycles. The fourth-order valence-electron chi connectivity index (χ4n) is 1.47. The summed E-state index contributed by atoms with van der Waals surface area (Å²) in [5.41, 5.74) is 9.71. The maximum atomic E-state index is 5.89. The van der Waals surface area contributed by atoms with Gasteiger partial charge in [0, 0.05) is 17.5 Å². The zero-order chi connectivity index (χ0) is 11.4. The Morgan fingerprint density at radius 3 is 2.50 bits per heavy atom. The molecule has 0 unspecified atom stereocenters. The number of aryl methyl sites for hydroxylation is 1. The molecule has 2 aromatic rings. The minimum Gasteiger partial charge on any atom is -0.398 e. The van der Waals surface area contributed by atoms with Gasteiger partial charge in [0.05, 0.1) is 5.69 Å². The van der Waals surface area contributed by atoms with Crippen LogP contribution in [-0.2, 0) is 0 Å². The molecule has 0 saturated carbocycles. The SMILES string of the molecule is Cc1ccc(C=Nc2ccccc2)c(N)c1. The molecule has 2 rings (SSSR count). The highest BCUT2D eigenvalue weighted by Gasteiger charge is 1.95.